The minimum absolute atomic E-state index is 0.0604. The van der Waals surface area contributed by atoms with Gasteiger partial charge < -0.3 is 10.6 Å². The number of amides is 1. The first-order chi connectivity index (χ1) is 9.39. The Morgan fingerprint density at radius 3 is 2.70 bits per heavy atom. The number of carbonyl (C=O) groups excluding carboxylic acids is 1. The SMILES string of the molecule is CN(C(=O)CCC(C)(C)CCN)c1cccc(C#N)c1. The molecule has 0 saturated carbocycles. The van der Waals surface area contributed by atoms with Gasteiger partial charge in [-0.2, -0.15) is 5.26 Å². The van der Waals surface area contributed by atoms with Gasteiger partial charge in [-0.15, -0.1) is 0 Å². The molecule has 0 aliphatic rings. The highest BCUT2D eigenvalue weighted by atomic mass is 16.2. The molecule has 0 aliphatic heterocycles. The van der Waals surface area contributed by atoms with E-state index in [1.807, 2.05) is 6.07 Å². The molecule has 1 rings (SSSR count). The molecule has 108 valence electrons. The molecule has 0 fully saturated rings. The highest BCUT2D eigenvalue weighted by Gasteiger charge is 2.20. The van der Waals surface area contributed by atoms with Crippen molar-refractivity contribution in [2.24, 2.45) is 11.1 Å². The van der Waals surface area contributed by atoms with Crippen molar-refractivity contribution < 1.29 is 4.79 Å². The van der Waals surface area contributed by atoms with Crippen LogP contribution >= 0.6 is 0 Å². The summed E-state index contributed by atoms with van der Waals surface area (Å²) < 4.78 is 0. The zero-order valence-corrected chi connectivity index (χ0v) is 12.5. The average molecular weight is 273 g/mol. The summed E-state index contributed by atoms with van der Waals surface area (Å²) in [5.41, 5.74) is 6.98. The lowest BCUT2D eigenvalue weighted by atomic mass is 9.84. The lowest BCUT2D eigenvalue weighted by molar-refractivity contribution is -0.118. The Morgan fingerprint density at radius 1 is 1.40 bits per heavy atom. The van der Waals surface area contributed by atoms with Crippen molar-refractivity contribution in [3.05, 3.63) is 29.8 Å². The highest BCUT2D eigenvalue weighted by Crippen LogP contribution is 2.27. The first-order valence-electron chi connectivity index (χ1n) is 6.86. The second-order valence-corrected chi connectivity index (χ2v) is 5.82. The number of nitrogens with zero attached hydrogens (tertiary/aromatic N) is 2. The molecular weight excluding hydrogens is 250 g/mol. The number of nitrogens with two attached hydrogens (primary N) is 1. The van der Waals surface area contributed by atoms with Crippen molar-refractivity contribution >= 4 is 11.6 Å². The molecule has 0 saturated heterocycles. The number of hydrogen-bond donors (Lipinski definition) is 1. The van der Waals surface area contributed by atoms with E-state index in [2.05, 4.69) is 19.9 Å². The Labute approximate surface area is 121 Å². The first kappa shape index (κ1) is 16.2. The molecule has 4 nitrogen and oxygen atoms in total. The highest BCUT2D eigenvalue weighted by molar-refractivity contribution is 5.92. The van der Waals surface area contributed by atoms with Crippen LogP contribution in [0.15, 0.2) is 24.3 Å². The van der Waals surface area contributed by atoms with E-state index in [1.54, 1.807) is 30.1 Å². The Kier molecular flexibility index (Phi) is 5.72. The molecule has 2 N–H and O–H groups in total. The van der Waals surface area contributed by atoms with Crippen molar-refractivity contribution in [2.45, 2.75) is 33.1 Å². The van der Waals surface area contributed by atoms with E-state index in [4.69, 9.17) is 11.0 Å². The van der Waals surface area contributed by atoms with Crippen molar-refractivity contribution in [2.75, 3.05) is 18.5 Å². The molecule has 20 heavy (non-hydrogen) atoms. The topological polar surface area (TPSA) is 70.1 Å². The van der Waals surface area contributed by atoms with Gasteiger partial charge in [0.25, 0.3) is 0 Å². The summed E-state index contributed by atoms with van der Waals surface area (Å²) >= 11 is 0. The quantitative estimate of drug-likeness (QED) is 0.866. The van der Waals surface area contributed by atoms with Gasteiger partial charge in [0.15, 0.2) is 0 Å². The fraction of sp³-hybridized carbons (Fsp3) is 0.500. The zero-order valence-electron chi connectivity index (χ0n) is 12.5. The molecule has 0 aliphatic carbocycles. The van der Waals surface area contributed by atoms with Crippen LogP contribution in [-0.4, -0.2) is 19.5 Å². The Bertz CT molecular complexity index is 503. The lowest BCUT2D eigenvalue weighted by Crippen LogP contribution is -2.28. The van der Waals surface area contributed by atoms with Gasteiger partial charge in [0.05, 0.1) is 11.6 Å². The number of hydrogen-bond acceptors (Lipinski definition) is 3. The molecule has 1 aromatic carbocycles. The van der Waals surface area contributed by atoms with E-state index in [0.29, 0.717) is 18.5 Å². The summed E-state index contributed by atoms with van der Waals surface area (Å²) in [4.78, 5) is 13.8. The first-order valence-corrected chi connectivity index (χ1v) is 6.86. The molecule has 0 radical (unpaired) electrons. The third kappa shape index (κ3) is 4.67. The van der Waals surface area contributed by atoms with Gasteiger partial charge in [0.2, 0.25) is 5.91 Å². The summed E-state index contributed by atoms with van der Waals surface area (Å²) in [7, 11) is 1.74. The molecule has 1 aromatic rings. The van der Waals surface area contributed by atoms with E-state index in [0.717, 1.165) is 18.5 Å². The van der Waals surface area contributed by atoms with Gasteiger partial charge in [-0.25, -0.2) is 0 Å². The summed E-state index contributed by atoms with van der Waals surface area (Å²) in [5, 5.41) is 8.89. The van der Waals surface area contributed by atoms with Crippen LogP contribution in [0.3, 0.4) is 0 Å². The van der Waals surface area contributed by atoms with Crippen molar-refractivity contribution in [3.63, 3.8) is 0 Å². The zero-order chi connectivity index (χ0) is 15.2. The minimum Gasteiger partial charge on any atom is -0.330 e. The van der Waals surface area contributed by atoms with Gasteiger partial charge in [-0.3, -0.25) is 4.79 Å². The van der Waals surface area contributed by atoms with Crippen molar-refractivity contribution in [1.29, 1.82) is 5.26 Å². The summed E-state index contributed by atoms with van der Waals surface area (Å²) in [6, 6.07) is 9.16. The largest absolute Gasteiger partial charge is 0.330 e. The average Bonchev–Trinajstić information content (AvgIpc) is 2.44. The molecule has 0 heterocycles. The standard InChI is InChI=1S/C16H23N3O/c1-16(2,9-10-17)8-7-15(20)19(3)14-6-4-5-13(11-14)12-18/h4-6,11H,7-10,17H2,1-3H3. The van der Waals surface area contributed by atoms with E-state index >= 15 is 0 Å². The number of carbonyl (C=O) groups is 1. The third-order valence-electron chi connectivity index (χ3n) is 3.57. The maximum absolute atomic E-state index is 12.2. The van der Waals surface area contributed by atoms with Crippen LogP contribution in [0, 0.1) is 16.7 Å². The van der Waals surface area contributed by atoms with E-state index in [9.17, 15) is 4.79 Å². The van der Waals surface area contributed by atoms with Crippen molar-refractivity contribution in [3.8, 4) is 6.07 Å². The van der Waals surface area contributed by atoms with Gasteiger partial charge >= 0.3 is 0 Å². The molecule has 0 aromatic heterocycles. The van der Waals surface area contributed by atoms with Crippen LogP contribution in [0.4, 0.5) is 5.69 Å². The Balaban J connectivity index is 2.65. The number of anilines is 1. The number of benzene rings is 1. The fourth-order valence-electron chi connectivity index (χ4n) is 2.06. The third-order valence-corrected chi connectivity index (χ3v) is 3.57. The fourth-order valence-corrected chi connectivity index (χ4v) is 2.06. The van der Waals surface area contributed by atoms with Gasteiger partial charge in [-0.05, 0) is 43.0 Å². The minimum atomic E-state index is 0.0604. The Morgan fingerprint density at radius 2 is 2.10 bits per heavy atom. The summed E-state index contributed by atoms with van der Waals surface area (Å²) in [6.07, 6.45) is 2.21. The molecule has 0 unspecified atom stereocenters. The summed E-state index contributed by atoms with van der Waals surface area (Å²) in [5.74, 6) is 0.0604. The van der Waals surface area contributed by atoms with Crippen LogP contribution in [0.5, 0.6) is 0 Å². The molecule has 0 bridgehead atoms. The number of rotatable bonds is 6. The monoisotopic (exact) mass is 273 g/mol. The van der Waals surface area contributed by atoms with E-state index in [1.165, 1.54) is 0 Å². The van der Waals surface area contributed by atoms with Crippen LogP contribution in [0.2, 0.25) is 0 Å². The Hall–Kier alpha value is -1.86. The maximum Gasteiger partial charge on any atom is 0.226 e. The van der Waals surface area contributed by atoms with E-state index in [-0.39, 0.29) is 11.3 Å². The van der Waals surface area contributed by atoms with Crippen molar-refractivity contribution in [1.82, 2.24) is 0 Å². The van der Waals surface area contributed by atoms with Crippen LogP contribution in [0.25, 0.3) is 0 Å². The normalized spacial score (nSPS) is 10.9. The van der Waals surface area contributed by atoms with Crippen LogP contribution in [-0.2, 0) is 4.79 Å². The molecular formula is C16H23N3O. The molecule has 0 spiro atoms. The lowest BCUT2D eigenvalue weighted by Gasteiger charge is -2.25. The molecule has 4 heteroatoms. The van der Waals surface area contributed by atoms with E-state index < -0.39 is 0 Å². The maximum atomic E-state index is 12.2. The molecule has 1 amide bonds. The number of nitriles is 1. The van der Waals surface area contributed by atoms with Gasteiger partial charge in [0, 0.05) is 19.2 Å². The summed E-state index contributed by atoms with van der Waals surface area (Å²) in [6.45, 7) is 4.90. The second-order valence-electron chi connectivity index (χ2n) is 5.82. The second kappa shape index (κ2) is 7.06. The van der Waals surface area contributed by atoms with Gasteiger partial charge in [-0.1, -0.05) is 19.9 Å². The predicted octanol–water partition coefficient (Wildman–Crippen LogP) is 2.68. The van der Waals surface area contributed by atoms with Crippen LogP contribution in [0.1, 0.15) is 38.7 Å². The smallest absolute Gasteiger partial charge is 0.226 e. The van der Waals surface area contributed by atoms with Gasteiger partial charge in [0.1, 0.15) is 0 Å². The molecule has 0 atom stereocenters. The van der Waals surface area contributed by atoms with Crippen LogP contribution < -0.4 is 10.6 Å². The predicted molar refractivity (Wildman–Crippen MR) is 81.3 cm³/mol.